The molecule has 4 aromatic rings. The highest BCUT2D eigenvalue weighted by atomic mass is 35.5. The van der Waals surface area contributed by atoms with Gasteiger partial charge in [-0.15, -0.1) is 0 Å². The molecule has 0 saturated carbocycles. The summed E-state index contributed by atoms with van der Waals surface area (Å²) >= 11 is 6.06. The summed E-state index contributed by atoms with van der Waals surface area (Å²) in [4.78, 5) is 24.8. The molecule has 0 spiro atoms. The summed E-state index contributed by atoms with van der Waals surface area (Å²) in [5.74, 6) is -0.695. The van der Waals surface area contributed by atoms with Gasteiger partial charge in [0.25, 0.3) is 15.9 Å². The van der Waals surface area contributed by atoms with Crippen LogP contribution in [0.5, 0.6) is 5.75 Å². The molecule has 33 heavy (non-hydrogen) atoms. The van der Waals surface area contributed by atoms with Gasteiger partial charge in [-0.05, 0) is 42.5 Å². The minimum Gasteiger partial charge on any atom is -0.495 e. The van der Waals surface area contributed by atoms with E-state index in [1.807, 2.05) is 0 Å². The number of fused-ring (bicyclic) bond motifs is 1. The van der Waals surface area contributed by atoms with E-state index in [4.69, 9.17) is 20.8 Å². The molecule has 1 amide bonds. The predicted octanol–water partition coefficient (Wildman–Crippen LogP) is 4.51. The fourth-order valence-electron chi connectivity index (χ4n) is 3.13. The number of benzene rings is 3. The molecule has 0 aliphatic rings. The van der Waals surface area contributed by atoms with Gasteiger partial charge in [0.1, 0.15) is 21.8 Å². The molecule has 0 bridgehead atoms. The van der Waals surface area contributed by atoms with Gasteiger partial charge in [0.15, 0.2) is 0 Å². The number of hydrogen-bond donors (Lipinski definition) is 2. The maximum Gasteiger partial charge on any atom is 0.349 e. The molecule has 0 aliphatic carbocycles. The molecule has 3 aromatic carbocycles. The average molecular weight is 485 g/mol. The van der Waals surface area contributed by atoms with Crippen molar-refractivity contribution in [3.8, 4) is 5.75 Å². The van der Waals surface area contributed by atoms with Gasteiger partial charge in [-0.25, -0.2) is 13.2 Å². The number of carbonyl (C=O) groups excluding carboxylic acids is 1. The van der Waals surface area contributed by atoms with Crippen LogP contribution in [0, 0.1) is 0 Å². The number of rotatable bonds is 6. The van der Waals surface area contributed by atoms with Gasteiger partial charge in [0, 0.05) is 11.1 Å². The van der Waals surface area contributed by atoms with E-state index in [-0.39, 0.29) is 32.6 Å². The number of halogens is 1. The van der Waals surface area contributed by atoms with E-state index >= 15 is 0 Å². The molecule has 10 heteroatoms. The Morgan fingerprint density at radius 1 is 1.00 bits per heavy atom. The minimum atomic E-state index is -4.13. The van der Waals surface area contributed by atoms with Gasteiger partial charge in [0.2, 0.25) is 0 Å². The lowest BCUT2D eigenvalue weighted by Crippen LogP contribution is -2.21. The maximum atomic E-state index is 13.0. The normalized spacial score (nSPS) is 11.2. The summed E-state index contributed by atoms with van der Waals surface area (Å²) in [5, 5.41) is 3.32. The Kier molecular flexibility index (Phi) is 6.08. The van der Waals surface area contributed by atoms with Crippen molar-refractivity contribution in [3.05, 3.63) is 93.8 Å². The second-order valence-corrected chi connectivity index (χ2v) is 8.95. The Morgan fingerprint density at radius 3 is 2.48 bits per heavy atom. The number of carbonyl (C=O) groups is 1. The third kappa shape index (κ3) is 4.69. The molecular weight excluding hydrogens is 468 g/mol. The highest BCUT2D eigenvalue weighted by Gasteiger charge is 2.22. The maximum absolute atomic E-state index is 13.0. The Morgan fingerprint density at radius 2 is 1.73 bits per heavy atom. The lowest BCUT2D eigenvalue weighted by Gasteiger charge is -2.14. The molecule has 0 aliphatic heterocycles. The van der Waals surface area contributed by atoms with E-state index in [1.54, 1.807) is 42.5 Å². The summed E-state index contributed by atoms with van der Waals surface area (Å²) in [6, 6.07) is 18.6. The van der Waals surface area contributed by atoms with Gasteiger partial charge < -0.3 is 14.5 Å². The van der Waals surface area contributed by atoms with Crippen LogP contribution in [0.4, 0.5) is 11.4 Å². The van der Waals surface area contributed by atoms with Crippen LogP contribution in [-0.2, 0) is 10.0 Å². The van der Waals surface area contributed by atoms with Crippen molar-refractivity contribution in [2.75, 3.05) is 17.1 Å². The van der Waals surface area contributed by atoms with Crippen LogP contribution < -0.4 is 20.4 Å². The number of methoxy groups -OCH3 is 1. The van der Waals surface area contributed by atoms with Crippen molar-refractivity contribution in [2.45, 2.75) is 4.90 Å². The SMILES string of the molecule is COc1ccc(NC(=O)c2cc3ccccc3oc2=O)cc1S(=O)(=O)Nc1ccccc1Cl. The van der Waals surface area contributed by atoms with Crippen molar-refractivity contribution < 1.29 is 22.4 Å². The van der Waals surface area contributed by atoms with Crippen LogP contribution in [-0.4, -0.2) is 21.4 Å². The lowest BCUT2D eigenvalue weighted by atomic mass is 10.1. The van der Waals surface area contributed by atoms with Crippen molar-refractivity contribution in [3.63, 3.8) is 0 Å². The van der Waals surface area contributed by atoms with Crippen LogP contribution in [0.1, 0.15) is 10.4 Å². The van der Waals surface area contributed by atoms with Gasteiger partial charge in [-0.1, -0.05) is 41.9 Å². The Hall–Kier alpha value is -3.82. The zero-order valence-corrected chi connectivity index (χ0v) is 18.7. The topological polar surface area (TPSA) is 115 Å². The molecule has 168 valence electrons. The first-order chi connectivity index (χ1) is 15.8. The third-order valence-electron chi connectivity index (χ3n) is 4.72. The number of para-hydroxylation sites is 2. The molecule has 0 radical (unpaired) electrons. The van der Waals surface area contributed by atoms with Gasteiger partial charge >= 0.3 is 5.63 Å². The highest BCUT2D eigenvalue weighted by molar-refractivity contribution is 7.92. The molecular formula is C23H17ClN2O6S. The molecule has 1 aromatic heterocycles. The molecule has 0 unspecified atom stereocenters. The molecule has 0 saturated heterocycles. The standard InChI is InChI=1S/C23H17ClN2O6S/c1-31-20-11-10-15(13-21(20)33(29,30)26-18-8-4-3-7-17(18)24)25-22(27)16-12-14-6-2-5-9-19(14)32-23(16)28/h2-13,26H,1H3,(H,25,27). The molecule has 4 rings (SSSR count). The molecule has 1 heterocycles. The first-order valence-electron chi connectivity index (χ1n) is 9.58. The number of ether oxygens (including phenoxy) is 1. The fraction of sp³-hybridized carbons (Fsp3) is 0.0435. The summed E-state index contributed by atoms with van der Waals surface area (Å²) in [6.45, 7) is 0. The zero-order valence-electron chi connectivity index (χ0n) is 17.2. The van der Waals surface area contributed by atoms with Crippen molar-refractivity contribution in [1.82, 2.24) is 0 Å². The van der Waals surface area contributed by atoms with Gasteiger partial charge in [0.05, 0.1) is 17.8 Å². The monoisotopic (exact) mass is 484 g/mol. The first kappa shape index (κ1) is 22.4. The van der Waals surface area contributed by atoms with E-state index in [0.717, 1.165) is 0 Å². The van der Waals surface area contributed by atoms with E-state index in [1.165, 1.54) is 37.4 Å². The first-order valence-corrected chi connectivity index (χ1v) is 11.4. The minimum absolute atomic E-state index is 0.0535. The second kappa shape index (κ2) is 8.97. The second-order valence-electron chi connectivity index (χ2n) is 6.89. The van der Waals surface area contributed by atoms with E-state index in [0.29, 0.717) is 11.0 Å². The van der Waals surface area contributed by atoms with Crippen LogP contribution in [0.2, 0.25) is 5.02 Å². The van der Waals surface area contributed by atoms with Crippen molar-refractivity contribution in [2.24, 2.45) is 0 Å². The van der Waals surface area contributed by atoms with Gasteiger partial charge in [-0.2, -0.15) is 0 Å². The quantitative estimate of drug-likeness (QED) is 0.389. The summed E-state index contributed by atoms with van der Waals surface area (Å²) < 4.78 is 38.8. The number of sulfonamides is 1. The summed E-state index contributed by atoms with van der Waals surface area (Å²) in [6.07, 6.45) is 0. The van der Waals surface area contributed by atoms with Gasteiger partial charge in [-0.3, -0.25) is 9.52 Å². The van der Waals surface area contributed by atoms with E-state index < -0.39 is 21.6 Å². The van der Waals surface area contributed by atoms with Crippen LogP contribution in [0.15, 0.2) is 86.9 Å². The van der Waals surface area contributed by atoms with E-state index in [2.05, 4.69) is 10.0 Å². The lowest BCUT2D eigenvalue weighted by molar-refractivity contribution is 0.102. The zero-order chi connectivity index (χ0) is 23.6. The van der Waals surface area contributed by atoms with E-state index in [9.17, 15) is 18.0 Å². The highest BCUT2D eigenvalue weighted by Crippen LogP contribution is 2.31. The molecule has 8 nitrogen and oxygen atoms in total. The average Bonchev–Trinajstić information content (AvgIpc) is 2.80. The van der Waals surface area contributed by atoms with Crippen LogP contribution in [0.3, 0.4) is 0 Å². The van der Waals surface area contributed by atoms with Crippen molar-refractivity contribution >= 4 is 49.9 Å². The summed E-state index contributed by atoms with van der Waals surface area (Å²) in [5.41, 5.74) is -0.365. The van der Waals surface area contributed by atoms with Crippen LogP contribution >= 0.6 is 11.6 Å². The predicted molar refractivity (Wildman–Crippen MR) is 126 cm³/mol. The third-order valence-corrected chi connectivity index (χ3v) is 6.43. The molecule has 0 fully saturated rings. The number of nitrogens with one attached hydrogen (secondary N) is 2. The Labute approximate surface area is 193 Å². The van der Waals surface area contributed by atoms with Crippen molar-refractivity contribution in [1.29, 1.82) is 0 Å². The Balaban J connectivity index is 1.67. The fourth-order valence-corrected chi connectivity index (χ4v) is 4.64. The molecule has 2 N–H and O–H groups in total. The smallest absolute Gasteiger partial charge is 0.349 e. The van der Waals surface area contributed by atoms with Crippen LogP contribution in [0.25, 0.3) is 11.0 Å². The summed E-state index contributed by atoms with van der Waals surface area (Å²) in [7, 11) is -2.81. The number of anilines is 2. The Bertz CT molecular complexity index is 1530. The number of amides is 1. The number of hydrogen-bond acceptors (Lipinski definition) is 6. The molecule has 0 atom stereocenters. The largest absolute Gasteiger partial charge is 0.495 e.